The summed E-state index contributed by atoms with van der Waals surface area (Å²) in [7, 11) is 0. The largest absolute Gasteiger partial charge is 0.261 e. The van der Waals surface area contributed by atoms with Crippen molar-refractivity contribution < 1.29 is 0 Å². The summed E-state index contributed by atoms with van der Waals surface area (Å²) in [5, 5.41) is 0. The second-order valence-electron chi connectivity index (χ2n) is 3.89. The van der Waals surface area contributed by atoms with Gasteiger partial charge in [-0.25, -0.2) is 0 Å². The molecule has 1 aromatic heterocycles. The highest BCUT2D eigenvalue weighted by molar-refractivity contribution is 5.09. The molecule has 0 aliphatic heterocycles. The lowest BCUT2D eigenvalue weighted by Crippen LogP contribution is -2.07. The van der Waals surface area contributed by atoms with E-state index >= 15 is 0 Å². The second-order valence-corrected chi connectivity index (χ2v) is 3.89. The van der Waals surface area contributed by atoms with E-state index in [2.05, 4.69) is 37.9 Å². The van der Waals surface area contributed by atoms with Gasteiger partial charge < -0.3 is 0 Å². The van der Waals surface area contributed by atoms with Gasteiger partial charge in [0.2, 0.25) is 0 Å². The second kappa shape index (κ2) is 5.00. The first-order valence-electron chi connectivity index (χ1n) is 5.16. The summed E-state index contributed by atoms with van der Waals surface area (Å²) in [6.07, 6.45) is 4.37. The molecule has 13 heavy (non-hydrogen) atoms. The van der Waals surface area contributed by atoms with Gasteiger partial charge in [0, 0.05) is 17.8 Å². The van der Waals surface area contributed by atoms with Gasteiger partial charge in [0.15, 0.2) is 0 Å². The van der Waals surface area contributed by atoms with Crippen LogP contribution in [-0.2, 0) is 0 Å². The molecule has 1 heteroatoms. The Bertz CT molecular complexity index is 228. The molecule has 1 rings (SSSR count). The molecule has 0 N–H and O–H groups in total. The van der Waals surface area contributed by atoms with Gasteiger partial charge in [-0.2, -0.15) is 0 Å². The quantitative estimate of drug-likeness (QED) is 0.684. The average Bonchev–Trinajstić information content (AvgIpc) is 2.15. The van der Waals surface area contributed by atoms with E-state index in [0.717, 1.165) is 0 Å². The predicted octanol–water partition coefficient (Wildman–Crippen LogP) is 3.62. The third kappa shape index (κ3) is 2.83. The minimum Gasteiger partial charge on any atom is -0.261 e. The molecule has 1 aromatic rings. The van der Waals surface area contributed by atoms with Crippen LogP contribution < -0.4 is 0 Å². The number of aromatic nitrogens is 1. The number of hydrogen-bond donors (Lipinski definition) is 0. The third-order valence-corrected chi connectivity index (χ3v) is 2.47. The molecule has 0 amide bonds. The van der Waals surface area contributed by atoms with Gasteiger partial charge in [-0.1, -0.05) is 33.3 Å². The number of hydrogen-bond acceptors (Lipinski definition) is 1. The topological polar surface area (TPSA) is 12.9 Å². The van der Waals surface area contributed by atoms with Crippen LogP contribution in [0.3, 0.4) is 0 Å². The van der Waals surface area contributed by atoms with Gasteiger partial charge in [-0.15, -0.1) is 0 Å². The monoisotopic (exact) mass is 177 g/mol. The highest BCUT2D eigenvalue weighted by atomic mass is 14.7. The van der Waals surface area contributed by atoms with E-state index in [1.807, 2.05) is 12.3 Å². The van der Waals surface area contributed by atoms with Gasteiger partial charge in [0.1, 0.15) is 0 Å². The van der Waals surface area contributed by atoms with Crippen molar-refractivity contribution in [2.45, 2.75) is 39.5 Å². The summed E-state index contributed by atoms with van der Waals surface area (Å²) >= 11 is 0. The predicted molar refractivity (Wildman–Crippen MR) is 56.7 cm³/mol. The summed E-state index contributed by atoms with van der Waals surface area (Å²) < 4.78 is 0. The number of rotatable bonds is 4. The Morgan fingerprint density at radius 2 is 2.08 bits per heavy atom. The Kier molecular flexibility index (Phi) is 3.94. The van der Waals surface area contributed by atoms with Crippen molar-refractivity contribution in [1.29, 1.82) is 0 Å². The molecule has 1 atom stereocenters. The van der Waals surface area contributed by atoms with Crippen LogP contribution in [0.5, 0.6) is 0 Å². The first-order chi connectivity index (χ1) is 6.25. The van der Waals surface area contributed by atoms with Gasteiger partial charge >= 0.3 is 0 Å². The highest BCUT2D eigenvalue weighted by Crippen LogP contribution is 2.26. The van der Waals surface area contributed by atoms with E-state index < -0.39 is 0 Å². The smallest absolute Gasteiger partial charge is 0.0437 e. The Balaban J connectivity index is 2.76. The molecule has 0 fully saturated rings. The van der Waals surface area contributed by atoms with Crippen molar-refractivity contribution in [3.8, 4) is 0 Å². The Morgan fingerprint density at radius 3 is 2.54 bits per heavy atom. The van der Waals surface area contributed by atoms with E-state index in [9.17, 15) is 0 Å². The summed E-state index contributed by atoms with van der Waals surface area (Å²) in [5.41, 5.74) is 1.25. The summed E-state index contributed by atoms with van der Waals surface area (Å²) in [6, 6.07) is 6.19. The fourth-order valence-corrected chi connectivity index (χ4v) is 1.73. The van der Waals surface area contributed by atoms with E-state index in [1.54, 1.807) is 0 Å². The zero-order valence-corrected chi connectivity index (χ0v) is 8.83. The molecule has 1 nitrogen and oxygen atoms in total. The standard InChI is InChI=1S/C12H19N/c1-4-7-11(10(2)3)12-8-5-6-9-13-12/h5-6,8-11H,4,7H2,1-3H3. The van der Waals surface area contributed by atoms with Crippen LogP contribution in [0, 0.1) is 5.92 Å². The SMILES string of the molecule is CCCC(c1ccccn1)C(C)C. The van der Waals surface area contributed by atoms with E-state index in [-0.39, 0.29) is 0 Å². The molecular formula is C12H19N. The van der Waals surface area contributed by atoms with Crippen LogP contribution in [0.15, 0.2) is 24.4 Å². The molecule has 0 bridgehead atoms. The Labute approximate surface area is 81.2 Å². The third-order valence-electron chi connectivity index (χ3n) is 2.47. The van der Waals surface area contributed by atoms with E-state index in [1.165, 1.54) is 18.5 Å². The lowest BCUT2D eigenvalue weighted by Gasteiger charge is -2.19. The lowest BCUT2D eigenvalue weighted by molar-refractivity contribution is 0.454. The average molecular weight is 177 g/mol. The maximum atomic E-state index is 4.42. The van der Waals surface area contributed by atoms with Crippen molar-refractivity contribution in [2.24, 2.45) is 5.92 Å². The zero-order valence-electron chi connectivity index (χ0n) is 8.83. The van der Waals surface area contributed by atoms with Crippen LogP contribution in [0.4, 0.5) is 0 Å². The summed E-state index contributed by atoms with van der Waals surface area (Å²) in [5.74, 6) is 1.32. The Morgan fingerprint density at radius 1 is 1.31 bits per heavy atom. The van der Waals surface area contributed by atoms with Crippen molar-refractivity contribution >= 4 is 0 Å². The lowest BCUT2D eigenvalue weighted by atomic mass is 9.88. The molecule has 72 valence electrons. The summed E-state index contributed by atoms with van der Waals surface area (Å²) in [4.78, 5) is 4.42. The first-order valence-corrected chi connectivity index (χ1v) is 5.16. The van der Waals surface area contributed by atoms with Crippen LogP contribution in [0.2, 0.25) is 0 Å². The fraction of sp³-hybridized carbons (Fsp3) is 0.583. The van der Waals surface area contributed by atoms with Gasteiger partial charge in [0.25, 0.3) is 0 Å². The van der Waals surface area contributed by atoms with Crippen LogP contribution in [0.25, 0.3) is 0 Å². The molecule has 0 radical (unpaired) electrons. The molecule has 0 saturated heterocycles. The fourth-order valence-electron chi connectivity index (χ4n) is 1.73. The minimum absolute atomic E-state index is 0.631. The van der Waals surface area contributed by atoms with E-state index in [4.69, 9.17) is 0 Å². The van der Waals surface area contributed by atoms with Crippen LogP contribution in [0.1, 0.15) is 45.2 Å². The molecule has 0 aromatic carbocycles. The Hall–Kier alpha value is -0.850. The van der Waals surface area contributed by atoms with Crippen molar-refractivity contribution in [2.75, 3.05) is 0 Å². The van der Waals surface area contributed by atoms with Gasteiger partial charge in [-0.3, -0.25) is 4.98 Å². The van der Waals surface area contributed by atoms with E-state index in [0.29, 0.717) is 11.8 Å². The van der Waals surface area contributed by atoms with Crippen LogP contribution in [-0.4, -0.2) is 4.98 Å². The molecule has 0 aliphatic carbocycles. The molecule has 1 unspecified atom stereocenters. The molecular weight excluding hydrogens is 158 g/mol. The zero-order chi connectivity index (χ0) is 9.68. The molecule has 0 saturated carbocycles. The first kappa shape index (κ1) is 10.2. The minimum atomic E-state index is 0.631. The van der Waals surface area contributed by atoms with Crippen LogP contribution >= 0.6 is 0 Å². The molecule has 0 aliphatic rings. The summed E-state index contributed by atoms with van der Waals surface area (Å²) in [6.45, 7) is 6.78. The number of pyridine rings is 1. The van der Waals surface area contributed by atoms with Crippen molar-refractivity contribution in [3.05, 3.63) is 30.1 Å². The number of nitrogens with zero attached hydrogens (tertiary/aromatic N) is 1. The molecule has 0 spiro atoms. The van der Waals surface area contributed by atoms with Gasteiger partial charge in [-0.05, 0) is 24.5 Å². The maximum Gasteiger partial charge on any atom is 0.0437 e. The van der Waals surface area contributed by atoms with Crippen molar-refractivity contribution in [3.63, 3.8) is 0 Å². The molecule has 1 heterocycles. The highest BCUT2D eigenvalue weighted by Gasteiger charge is 2.15. The maximum absolute atomic E-state index is 4.42. The normalized spacial score (nSPS) is 13.2. The van der Waals surface area contributed by atoms with Gasteiger partial charge in [0.05, 0.1) is 0 Å². The van der Waals surface area contributed by atoms with Crippen molar-refractivity contribution in [1.82, 2.24) is 4.98 Å².